The van der Waals surface area contributed by atoms with E-state index in [2.05, 4.69) is 9.71 Å². The monoisotopic (exact) mass is 345 g/mol. The Kier molecular flexibility index (Phi) is 4.32. The third-order valence-corrected chi connectivity index (χ3v) is 4.95. The highest BCUT2D eigenvalue weighted by Gasteiger charge is 2.21. The molecule has 8 heteroatoms. The molecule has 0 radical (unpaired) electrons. The number of hydrogen-bond acceptors (Lipinski definition) is 4. The largest absolute Gasteiger partial charge is 0.398 e. The summed E-state index contributed by atoms with van der Waals surface area (Å²) in [4.78, 5) is 3.92. The van der Waals surface area contributed by atoms with Crippen LogP contribution in [0.1, 0.15) is 11.1 Å². The molecule has 0 atom stereocenters. The van der Waals surface area contributed by atoms with Crippen LogP contribution in [0, 0.1) is 13.8 Å². The number of pyridine rings is 1. The van der Waals surface area contributed by atoms with Crippen molar-refractivity contribution >= 4 is 44.6 Å². The number of nitrogens with two attached hydrogens (primary N) is 1. The fraction of sp³-hybridized carbons (Fsp3) is 0.154. The van der Waals surface area contributed by atoms with Crippen molar-refractivity contribution in [3.05, 3.63) is 45.7 Å². The van der Waals surface area contributed by atoms with Crippen LogP contribution in [0.15, 0.2) is 29.2 Å². The van der Waals surface area contributed by atoms with Gasteiger partial charge in [0.1, 0.15) is 5.15 Å². The van der Waals surface area contributed by atoms with Crippen LogP contribution < -0.4 is 10.5 Å². The molecule has 0 fully saturated rings. The van der Waals surface area contributed by atoms with Gasteiger partial charge < -0.3 is 5.73 Å². The molecule has 3 N–H and O–H groups in total. The summed E-state index contributed by atoms with van der Waals surface area (Å²) in [6, 6.07) is 6.21. The maximum absolute atomic E-state index is 12.5. The van der Waals surface area contributed by atoms with E-state index in [0.717, 1.165) is 0 Å². The molecule has 0 saturated carbocycles. The van der Waals surface area contributed by atoms with E-state index in [4.69, 9.17) is 28.9 Å². The molecule has 0 spiro atoms. The highest BCUT2D eigenvalue weighted by Crippen LogP contribution is 2.30. The number of anilines is 2. The Morgan fingerprint density at radius 2 is 1.90 bits per heavy atom. The molecule has 0 unspecified atom stereocenters. The quantitative estimate of drug-likeness (QED) is 0.659. The van der Waals surface area contributed by atoms with Crippen LogP contribution in [-0.2, 0) is 10.0 Å². The van der Waals surface area contributed by atoms with Crippen molar-refractivity contribution < 1.29 is 8.42 Å². The Morgan fingerprint density at radius 1 is 1.24 bits per heavy atom. The number of rotatable bonds is 3. The molecule has 112 valence electrons. The Morgan fingerprint density at radius 3 is 2.52 bits per heavy atom. The summed E-state index contributed by atoms with van der Waals surface area (Å²) < 4.78 is 27.4. The van der Waals surface area contributed by atoms with Crippen LogP contribution in [0.4, 0.5) is 11.4 Å². The van der Waals surface area contributed by atoms with Gasteiger partial charge in [-0.05, 0) is 43.2 Å². The van der Waals surface area contributed by atoms with Crippen LogP contribution >= 0.6 is 23.2 Å². The second-order valence-corrected chi connectivity index (χ2v) is 6.90. The van der Waals surface area contributed by atoms with Crippen molar-refractivity contribution in [2.24, 2.45) is 0 Å². The van der Waals surface area contributed by atoms with Crippen LogP contribution in [-0.4, -0.2) is 13.4 Å². The topological polar surface area (TPSA) is 85.1 Å². The van der Waals surface area contributed by atoms with Gasteiger partial charge in [-0.1, -0.05) is 29.3 Å². The summed E-state index contributed by atoms with van der Waals surface area (Å²) in [6.07, 6.45) is 0. The lowest BCUT2D eigenvalue weighted by Gasteiger charge is -2.14. The number of nitrogens with zero attached hydrogens (tertiary/aromatic N) is 1. The predicted octanol–water partition coefficient (Wildman–Crippen LogP) is 3.39. The lowest BCUT2D eigenvalue weighted by Crippen LogP contribution is -2.16. The summed E-state index contributed by atoms with van der Waals surface area (Å²) in [5, 5.41) is 0.186. The average molecular weight is 346 g/mol. The third kappa shape index (κ3) is 3.23. The number of hydrogen-bond donors (Lipinski definition) is 2. The van der Waals surface area contributed by atoms with Gasteiger partial charge in [0.25, 0.3) is 10.0 Å². The molecule has 0 aliphatic carbocycles. The van der Waals surface area contributed by atoms with E-state index >= 15 is 0 Å². The van der Waals surface area contributed by atoms with E-state index in [0.29, 0.717) is 16.8 Å². The first-order valence-corrected chi connectivity index (χ1v) is 8.17. The van der Waals surface area contributed by atoms with Crippen molar-refractivity contribution in [1.29, 1.82) is 0 Å². The van der Waals surface area contributed by atoms with E-state index in [-0.39, 0.29) is 20.9 Å². The van der Waals surface area contributed by atoms with Crippen molar-refractivity contribution in [3.8, 4) is 0 Å². The maximum atomic E-state index is 12.5. The number of nitrogen functional groups attached to an aromatic ring is 1. The lowest BCUT2D eigenvalue weighted by molar-refractivity contribution is 0.600. The van der Waals surface area contributed by atoms with E-state index in [9.17, 15) is 8.42 Å². The molecule has 1 heterocycles. The minimum atomic E-state index is -3.82. The zero-order valence-electron chi connectivity index (χ0n) is 11.3. The smallest absolute Gasteiger partial charge is 0.262 e. The maximum Gasteiger partial charge on any atom is 0.262 e. The molecular weight excluding hydrogens is 333 g/mol. The van der Waals surface area contributed by atoms with Gasteiger partial charge in [-0.25, -0.2) is 13.4 Å². The summed E-state index contributed by atoms with van der Waals surface area (Å²) in [5.41, 5.74) is 7.38. The van der Waals surface area contributed by atoms with Crippen LogP contribution in [0.25, 0.3) is 0 Å². The summed E-state index contributed by atoms with van der Waals surface area (Å²) in [6.45, 7) is 3.32. The van der Waals surface area contributed by atoms with Gasteiger partial charge in [-0.3, -0.25) is 4.72 Å². The third-order valence-electron chi connectivity index (χ3n) is 2.99. The molecule has 1 aromatic heterocycles. The molecular formula is C13H13Cl2N3O2S. The average Bonchev–Trinajstić information content (AvgIpc) is 2.37. The molecule has 0 aliphatic heterocycles. The molecule has 0 amide bonds. The lowest BCUT2D eigenvalue weighted by atomic mass is 10.2. The summed E-state index contributed by atoms with van der Waals surface area (Å²) in [5.74, 6) is 0. The SMILES string of the molecule is Cc1cc(Cl)nc(Cl)c1NS(=O)(=O)c1cccc(N)c1C. The fourth-order valence-electron chi connectivity index (χ4n) is 1.83. The second-order valence-electron chi connectivity index (χ2n) is 4.50. The Balaban J connectivity index is 2.50. The predicted molar refractivity (Wildman–Crippen MR) is 85.4 cm³/mol. The summed E-state index contributed by atoms with van der Waals surface area (Å²) >= 11 is 11.7. The number of halogens is 2. The minimum absolute atomic E-state index is 0.00914. The van der Waals surface area contributed by atoms with Crippen molar-refractivity contribution in [2.45, 2.75) is 18.7 Å². The van der Waals surface area contributed by atoms with Crippen molar-refractivity contribution in [3.63, 3.8) is 0 Å². The standard InChI is InChI=1S/C13H13Cl2N3O2S/c1-7-6-11(14)17-13(15)12(7)18-21(19,20)10-5-3-4-9(16)8(10)2/h3-6,18H,16H2,1-2H3. The zero-order chi connectivity index (χ0) is 15.8. The fourth-order valence-corrected chi connectivity index (χ4v) is 3.88. The molecule has 1 aromatic carbocycles. The number of aromatic nitrogens is 1. The van der Waals surface area contributed by atoms with Gasteiger partial charge in [-0.15, -0.1) is 0 Å². The van der Waals surface area contributed by atoms with Crippen molar-refractivity contribution in [2.75, 3.05) is 10.5 Å². The number of benzene rings is 1. The Labute approximate surface area is 133 Å². The first kappa shape index (κ1) is 15.9. The number of nitrogens with one attached hydrogen (secondary N) is 1. The highest BCUT2D eigenvalue weighted by molar-refractivity contribution is 7.92. The van der Waals surface area contributed by atoms with Gasteiger partial charge in [-0.2, -0.15) is 0 Å². The van der Waals surface area contributed by atoms with E-state index in [1.807, 2.05) is 0 Å². The van der Waals surface area contributed by atoms with E-state index < -0.39 is 10.0 Å². The van der Waals surface area contributed by atoms with Gasteiger partial charge in [0.2, 0.25) is 0 Å². The van der Waals surface area contributed by atoms with Crippen molar-refractivity contribution in [1.82, 2.24) is 4.98 Å². The van der Waals surface area contributed by atoms with Crippen LogP contribution in [0.3, 0.4) is 0 Å². The Hall–Kier alpha value is -1.50. The number of aryl methyl sites for hydroxylation is 1. The van der Waals surface area contributed by atoms with Gasteiger partial charge in [0.15, 0.2) is 5.15 Å². The molecule has 2 aromatic rings. The molecule has 5 nitrogen and oxygen atoms in total. The first-order valence-electron chi connectivity index (χ1n) is 5.93. The zero-order valence-corrected chi connectivity index (χ0v) is 13.6. The molecule has 0 aliphatic rings. The summed E-state index contributed by atoms with van der Waals surface area (Å²) in [7, 11) is -3.82. The van der Waals surface area contributed by atoms with Gasteiger partial charge in [0.05, 0.1) is 10.6 Å². The molecule has 0 saturated heterocycles. The highest BCUT2D eigenvalue weighted by atomic mass is 35.5. The Bertz CT molecular complexity index is 784. The van der Waals surface area contributed by atoms with E-state index in [1.165, 1.54) is 12.1 Å². The normalized spacial score (nSPS) is 11.4. The molecule has 2 rings (SSSR count). The molecule has 0 bridgehead atoms. The van der Waals surface area contributed by atoms with E-state index in [1.54, 1.807) is 26.0 Å². The van der Waals surface area contributed by atoms with Gasteiger partial charge in [0, 0.05) is 5.69 Å². The second kappa shape index (κ2) is 5.71. The van der Waals surface area contributed by atoms with Crippen LogP contribution in [0.2, 0.25) is 10.3 Å². The van der Waals surface area contributed by atoms with Gasteiger partial charge >= 0.3 is 0 Å². The first-order chi connectivity index (χ1) is 9.72. The minimum Gasteiger partial charge on any atom is -0.398 e. The number of sulfonamides is 1. The molecule has 21 heavy (non-hydrogen) atoms. The van der Waals surface area contributed by atoms with Crippen LogP contribution in [0.5, 0.6) is 0 Å².